The number of carbonyl (C=O) groups is 1. The minimum atomic E-state index is 0.110. The Bertz CT molecular complexity index is 589. The van der Waals surface area contributed by atoms with E-state index < -0.39 is 0 Å². The van der Waals surface area contributed by atoms with Crippen LogP contribution in [0.1, 0.15) is 38.2 Å². The van der Waals surface area contributed by atoms with Gasteiger partial charge in [-0.25, -0.2) is 0 Å². The lowest BCUT2D eigenvalue weighted by atomic mass is 9.95. The molecule has 2 aromatic carbocycles. The zero-order chi connectivity index (χ0) is 13.3. The van der Waals surface area contributed by atoms with E-state index in [0.29, 0.717) is 0 Å². The van der Waals surface area contributed by atoms with Gasteiger partial charge in [0.15, 0.2) is 5.78 Å². The third kappa shape index (κ3) is 2.51. The molecule has 92 valence electrons. The molecule has 0 radical (unpaired) electrons. The zero-order valence-electron chi connectivity index (χ0n) is 11.4. The predicted octanol–water partition coefficient (Wildman–Crippen LogP) is 4.15. The molecule has 1 heteroatoms. The first kappa shape index (κ1) is 12.6. The maximum atomic E-state index is 12.5. The molecule has 0 N–H and O–H groups in total. The molecule has 0 atom stereocenters. The first-order chi connectivity index (χ1) is 8.47. The number of aryl methyl sites for hydroxylation is 4. The second-order valence-electron chi connectivity index (χ2n) is 5.02. The highest BCUT2D eigenvalue weighted by Crippen LogP contribution is 2.17. The van der Waals surface area contributed by atoms with Crippen molar-refractivity contribution >= 4 is 5.78 Å². The van der Waals surface area contributed by atoms with Crippen molar-refractivity contribution in [3.8, 4) is 0 Å². The summed E-state index contributed by atoms with van der Waals surface area (Å²) in [6.45, 7) is 8.07. The van der Waals surface area contributed by atoms with Gasteiger partial charge in [-0.15, -0.1) is 0 Å². The van der Waals surface area contributed by atoms with Crippen LogP contribution in [0.5, 0.6) is 0 Å². The summed E-state index contributed by atoms with van der Waals surface area (Å²) in [4.78, 5) is 12.5. The first-order valence-corrected chi connectivity index (χ1v) is 6.17. The average Bonchev–Trinajstić information content (AvgIpc) is 2.26. The largest absolute Gasteiger partial charge is 0.289 e. The van der Waals surface area contributed by atoms with Crippen molar-refractivity contribution in [1.29, 1.82) is 0 Å². The smallest absolute Gasteiger partial charge is 0.193 e. The van der Waals surface area contributed by atoms with Crippen molar-refractivity contribution in [2.24, 2.45) is 0 Å². The molecule has 0 bridgehead atoms. The van der Waals surface area contributed by atoms with Crippen molar-refractivity contribution in [1.82, 2.24) is 0 Å². The normalized spacial score (nSPS) is 10.4. The molecule has 0 spiro atoms. The molecule has 0 saturated heterocycles. The van der Waals surface area contributed by atoms with Gasteiger partial charge in [-0.1, -0.05) is 41.0 Å². The molecule has 0 heterocycles. The van der Waals surface area contributed by atoms with Gasteiger partial charge >= 0.3 is 0 Å². The molecule has 1 nitrogen and oxygen atoms in total. The van der Waals surface area contributed by atoms with E-state index in [2.05, 4.69) is 12.1 Å². The number of carbonyl (C=O) groups excluding carboxylic acids is 1. The van der Waals surface area contributed by atoms with Gasteiger partial charge in [0, 0.05) is 11.1 Å². The van der Waals surface area contributed by atoms with Gasteiger partial charge in [0.05, 0.1) is 0 Å². The summed E-state index contributed by atoms with van der Waals surface area (Å²) < 4.78 is 0. The molecule has 0 fully saturated rings. The van der Waals surface area contributed by atoms with Gasteiger partial charge < -0.3 is 0 Å². The summed E-state index contributed by atoms with van der Waals surface area (Å²) >= 11 is 0. The monoisotopic (exact) mass is 238 g/mol. The van der Waals surface area contributed by atoms with Crippen molar-refractivity contribution < 1.29 is 4.79 Å². The van der Waals surface area contributed by atoms with Crippen molar-refractivity contribution in [3.63, 3.8) is 0 Å². The van der Waals surface area contributed by atoms with Crippen LogP contribution in [0.25, 0.3) is 0 Å². The van der Waals surface area contributed by atoms with Crippen molar-refractivity contribution in [2.75, 3.05) is 0 Å². The fraction of sp³-hybridized carbons (Fsp3) is 0.235. The fourth-order valence-electron chi connectivity index (χ4n) is 2.33. The minimum absolute atomic E-state index is 0.110. The molecular formula is C17H18O. The molecule has 0 amide bonds. The summed E-state index contributed by atoms with van der Waals surface area (Å²) in [5.74, 6) is 0.110. The van der Waals surface area contributed by atoms with Crippen LogP contribution < -0.4 is 0 Å². The second kappa shape index (κ2) is 4.77. The SMILES string of the molecule is Cc1cc(C)cc(C(=O)c2ccc(C)cc2C)c1. The quantitative estimate of drug-likeness (QED) is 0.718. The minimum Gasteiger partial charge on any atom is -0.289 e. The number of ketones is 1. The van der Waals surface area contributed by atoms with Gasteiger partial charge in [0.1, 0.15) is 0 Å². The predicted molar refractivity (Wildman–Crippen MR) is 75.3 cm³/mol. The van der Waals surface area contributed by atoms with Crippen LogP contribution in [0.15, 0.2) is 36.4 Å². The van der Waals surface area contributed by atoms with E-state index >= 15 is 0 Å². The van der Waals surface area contributed by atoms with Gasteiger partial charge in [-0.2, -0.15) is 0 Å². The highest BCUT2D eigenvalue weighted by Gasteiger charge is 2.12. The molecule has 0 saturated carbocycles. The van der Waals surface area contributed by atoms with Gasteiger partial charge in [0.25, 0.3) is 0 Å². The fourth-order valence-corrected chi connectivity index (χ4v) is 2.33. The lowest BCUT2D eigenvalue weighted by molar-refractivity contribution is 0.103. The van der Waals surface area contributed by atoms with E-state index in [-0.39, 0.29) is 5.78 Å². The Morgan fingerprint density at radius 1 is 0.778 bits per heavy atom. The summed E-state index contributed by atoms with van der Waals surface area (Å²) in [5, 5.41) is 0. The molecule has 2 rings (SSSR count). The van der Waals surface area contributed by atoms with Crippen molar-refractivity contribution in [3.05, 3.63) is 69.8 Å². The summed E-state index contributed by atoms with van der Waals surface area (Å²) in [6, 6.07) is 11.9. The molecular weight excluding hydrogens is 220 g/mol. The Balaban J connectivity index is 2.47. The van der Waals surface area contributed by atoms with Crippen LogP contribution in [0.4, 0.5) is 0 Å². The Kier molecular flexibility index (Phi) is 3.33. The average molecular weight is 238 g/mol. The van der Waals surface area contributed by atoms with E-state index in [1.165, 1.54) is 5.56 Å². The van der Waals surface area contributed by atoms with Crippen LogP contribution in [0, 0.1) is 27.7 Å². The van der Waals surface area contributed by atoms with Crippen molar-refractivity contribution in [2.45, 2.75) is 27.7 Å². The third-order valence-electron chi connectivity index (χ3n) is 3.11. The van der Waals surface area contributed by atoms with Gasteiger partial charge in [-0.05, 0) is 45.4 Å². The lowest BCUT2D eigenvalue weighted by Gasteiger charge is -2.08. The summed E-state index contributed by atoms with van der Waals surface area (Å²) in [5.41, 5.74) is 6.06. The molecule has 2 aromatic rings. The first-order valence-electron chi connectivity index (χ1n) is 6.17. The van der Waals surface area contributed by atoms with Crippen LogP contribution in [-0.4, -0.2) is 5.78 Å². The van der Waals surface area contributed by atoms with E-state index in [1.54, 1.807) is 0 Å². The standard InChI is InChI=1S/C17H18O/c1-11-5-6-16(14(4)8-11)17(18)15-9-12(2)7-13(3)10-15/h5-10H,1-4H3. The summed E-state index contributed by atoms with van der Waals surface area (Å²) in [6.07, 6.45) is 0. The van der Waals surface area contributed by atoms with E-state index in [9.17, 15) is 4.79 Å². The Morgan fingerprint density at radius 2 is 1.39 bits per heavy atom. The van der Waals surface area contributed by atoms with E-state index in [1.807, 2.05) is 52.0 Å². The van der Waals surface area contributed by atoms with Crippen LogP contribution in [0.2, 0.25) is 0 Å². The number of benzene rings is 2. The maximum absolute atomic E-state index is 12.5. The Morgan fingerprint density at radius 3 is 1.94 bits per heavy atom. The molecule has 0 aliphatic heterocycles. The molecule has 0 unspecified atom stereocenters. The molecule has 18 heavy (non-hydrogen) atoms. The highest BCUT2D eigenvalue weighted by atomic mass is 16.1. The number of rotatable bonds is 2. The maximum Gasteiger partial charge on any atom is 0.193 e. The molecule has 0 aliphatic carbocycles. The van der Waals surface area contributed by atoms with Crippen LogP contribution in [-0.2, 0) is 0 Å². The number of hydrogen-bond donors (Lipinski definition) is 0. The Hall–Kier alpha value is -1.89. The van der Waals surface area contributed by atoms with Crippen LogP contribution in [0.3, 0.4) is 0 Å². The molecule has 0 aliphatic rings. The molecule has 0 aromatic heterocycles. The van der Waals surface area contributed by atoms with E-state index in [4.69, 9.17) is 0 Å². The highest BCUT2D eigenvalue weighted by molar-refractivity contribution is 6.10. The van der Waals surface area contributed by atoms with Gasteiger partial charge in [-0.3, -0.25) is 4.79 Å². The lowest BCUT2D eigenvalue weighted by Crippen LogP contribution is -2.04. The zero-order valence-corrected chi connectivity index (χ0v) is 11.4. The Labute approximate surface area is 108 Å². The number of hydrogen-bond acceptors (Lipinski definition) is 1. The topological polar surface area (TPSA) is 17.1 Å². The van der Waals surface area contributed by atoms with Crippen LogP contribution >= 0.6 is 0 Å². The van der Waals surface area contributed by atoms with E-state index in [0.717, 1.165) is 27.8 Å². The summed E-state index contributed by atoms with van der Waals surface area (Å²) in [7, 11) is 0. The second-order valence-corrected chi connectivity index (χ2v) is 5.02. The third-order valence-corrected chi connectivity index (χ3v) is 3.11. The van der Waals surface area contributed by atoms with Gasteiger partial charge in [0.2, 0.25) is 0 Å².